The first-order chi connectivity index (χ1) is 9.65. The molecular formula is C16H18N4. The fourth-order valence-electron chi connectivity index (χ4n) is 2.45. The van der Waals surface area contributed by atoms with Crippen LogP contribution in [-0.2, 0) is 13.6 Å². The quantitative estimate of drug-likeness (QED) is 0.731. The molecule has 1 aromatic carbocycles. The van der Waals surface area contributed by atoms with Crippen molar-refractivity contribution in [2.24, 2.45) is 7.05 Å². The Labute approximate surface area is 118 Å². The first-order valence-corrected chi connectivity index (χ1v) is 6.66. The van der Waals surface area contributed by atoms with Gasteiger partial charge in [0.2, 0.25) is 0 Å². The Hall–Kier alpha value is -2.20. The lowest BCUT2D eigenvalue weighted by Crippen LogP contribution is -2.10. The maximum absolute atomic E-state index is 4.38. The molecule has 0 aliphatic heterocycles. The molecule has 0 amide bonds. The second kappa shape index (κ2) is 5.06. The van der Waals surface area contributed by atoms with Crippen LogP contribution in [0.1, 0.15) is 5.56 Å². The zero-order valence-electron chi connectivity index (χ0n) is 12.0. The molecule has 0 unspecified atom stereocenters. The van der Waals surface area contributed by atoms with E-state index in [1.54, 1.807) is 4.68 Å². The van der Waals surface area contributed by atoms with Gasteiger partial charge in [-0.1, -0.05) is 24.3 Å². The van der Waals surface area contributed by atoms with Gasteiger partial charge in [0.25, 0.3) is 0 Å². The van der Waals surface area contributed by atoms with Crippen molar-refractivity contribution in [2.45, 2.75) is 6.54 Å². The van der Waals surface area contributed by atoms with Gasteiger partial charge < -0.3 is 4.90 Å². The highest BCUT2D eigenvalue weighted by Crippen LogP contribution is 2.27. The molecule has 2 aromatic heterocycles. The second-order valence-corrected chi connectivity index (χ2v) is 5.30. The molecule has 0 spiro atoms. The number of hydrogen-bond donors (Lipinski definition) is 0. The number of rotatable bonds is 3. The van der Waals surface area contributed by atoms with Crippen LogP contribution in [-0.4, -0.2) is 33.8 Å². The minimum absolute atomic E-state index is 0.917. The van der Waals surface area contributed by atoms with Gasteiger partial charge in [-0.25, -0.2) is 4.98 Å². The topological polar surface area (TPSA) is 34.0 Å². The first kappa shape index (κ1) is 12.8. The third-order valence-corrected chi connectivity index (χ3v) is 3.40. The fraction of sp³-hybridized carbons (Fsp3) is 0.250. The lowest BCUT2D eigenvalue weighted by atomic mass is 10.0. The molecule has 20 heavy (non-hydrogen) atoms. The van der Waals surface area contributed by atoms with E-state index in [1.165, 1.54) is 16.7 Å². The van der Waals surface area contributed by atoms with E-state index in [0.717, 1.165) is 17.6 Å². The summed E-state index contributed by atoms with van der Waals surface area (Å²) in [7, 11) is 6.07. The molecular weight excluding hydrogens is 248 g/mol. The number of benzene rings is 1. The monoisotopic (exact) mass is 266 g/mol. The van der Waals surface area contributed by atoms with Gasteiger partial charge in [0.1, 0.15) is 0 Å². The second-order valence-electron chi connectivity index (χ2n) is 5.30. The average molecular weight is 266 g/mol. The smallest absolute Gasteiger partial charge is 0.158 e. The molecule has 3 rings (SSSR count). The molecule has 0 N–H and O–H groups in total. The van der Waals surface area contributed by atoms with Gasteiger partial charge in [0.05, 0.1) is 6.20 Å². The van der Waals surface area contributed by atoms with Crippen molar-refractivity contribution in [3.63, 3.8) is 0 Å². The zero-order valence-corrected chi connectivity index (χ0v) is 12.0. The van der Waals surface area contributed by atoms with E-state index in [9.17, 15) is 0 Å². The van der Waals surface area contributed by atoms with Gasteiger partial charge >= 0.3 is 0 Å². The molecule has 4 heteroatoms. The number of aryl methyl sites for hydroxylation is 1. The highest BCUT2D eigenvalue weighted by atomic mass is 15.3. The van der Waals surface area contributed by atoms with E-state index in [2.05, 4.69) is 53.3 Å². The van der Waals surface area contributed by atoms with Gasteiger partial charge in [-0.3, -0.25) is 4.68 Å². The largest absolute Gasteiger partial charge is 0.305 e. The van der Waals surface area contributed by atoms with E-state index >= 15 is 0 Å². The summed E-state index contributed by atoms with van der Waals surface area (Å²) in [5.74, 6) is 0. The number of aromatic nitrogens is 3. The molecule has 3 aromatic rings. The lowest BCUT2D eigenvalue weighted by Gasteiger charge is -2.10. The maximum Gasteiger partial charge on any atom is 0.158 e. The Bertz CT molecular complexity index is 726. The molecule has 0 fully saturated rings. The fourth-order valence-corrected chi connectivity index (χ4v) is 2.45. The summed E-state index contributed by atoms with van der Waals surface area (Å²) in [5.41, 5.74) is 4.61. The molecule has 0 aliphatic carbocycles. The minimum Gasteiger partial charge on any atom is -0.305 e. The van der Waals surface area contributed by atoms with Crippen molar-refractivity contribution in [3.8, 4) is 11.1 Å². The summed E-state index contributed by atoms with van der Waals surface area (Å²) in [4.78, 5) is 6.55. The Morgan fingerprint density at radius 1 is 1.10 bits per heavy atom. The maximum atomic E-state index is 4.38. The van der Waals surface area contributed by atoms with Crippen LogP contribution in [0.3, 0.4) is 0 Å². The predicted octanol–water partition coefficient (Wildman–Crippen LogP) is 2.70. The van der Waals surface area contributed by atoms with Crippen molar-refractivity contribution in [2.75, 3.05) is 14.1 Å². The molecule has 0 atom stereocenters. The normalized spacial score (nSPS) is 11.4. The molecule has 4 nitrogen and oxygen atoms in total. The Morgan fingerprint density at radius 2 is 1.85 bits per heavy atom. The van der Waals surface area contributed by atoms with Crippen LogP contribution < -0.4 is 0 Å². The van der Waals surface area contributed by atoms with Crippen LogP contribution in [0.5, 0.6) is 0 Å². The van der Waals surface area contributed by atoms with E-state index < -0.39 is 0 Å². The van der Waals surface area contributed by atoms with E-state index in [1.807, 2.05) is 25.5 Å². The van der Waals surface area contributed by atoms with Crippen LogP contribution in [0.4, 0.5) is 0 Å². The van der Waals surface area contributed by atoms with Crippen LogP contribution in [0, 0.1) is 0 Å². The van der Waals surface area contributed by atoms with Gasteiger partial charge in [-0.15, -0.1) is 0 Å². The molecule has 0 saturated heterocycles. The van der Waals surface area contributed by atoms with E-state index in [4.69, 9.17) is 0 Å². The summed E-state index contributed by atoms with van der Waals surface area (Å²) in [6.45, 7) is 0.957. The van der Waals surface area contributed by atoms with Crippen LogP contribution in [0.2, 0.25) is 0 Å². The van der Waals surface area contributed by atoms with Gasteiger partial charge in [0.15, 0.2) is 5.65 Å². The number of nitrogens with zero attached hydrogens (tertiary/aromatic N) is 4. The molecule has 102 valence electrons. The summed E-state index contributed by atoms with van der Waals surface area (Å²) < 4.78 is 1.80. The van der Waals surface area contributed by atoms with Gasteiger partial charge in [-0.05, 0) is 36.9 Å². The Kier molecular flexibility index (Phi) is 3.24. The third-order valence-electron chi connectivity index (χ3n) is 3.40. The Balaban J connectivity index is 2.02. The van der Waals surface area contributed by atoms with Crippen molar-refractivity contribution in [3.05, 3.63) is 48.3 Å². The number of fused-ring (bicyclic) bond motifs is 1. The highest BCUT2D eigenvalue weighted by Gasteiger charge is 2.08. The third kappa shape index (κ3) is 2.30. The number of hydrogen-bond acceptors (Lipinski definition) is 3. The van der Waals surface area contributed by atoms with Crippen molar-refractivity contribution < 1.29 is 0 Å². The lowest BCUT2D eigenvalue weighted by molar-refractivity contribution is 0.402. The van der Waals surface area contributed by atoms with Crippen molar-refractivity contribution >= 4 is 11.0 Å². The minimum atomic E-state index is 0.917. The van der Waals surface area contributed by atoms with Crippen LogP contribution in [0.15, 0.2) is 42.7 Å². The predicted molar refractivity (Wildman–Crippen MR) is 81.3 cm³/mol. The van der Waals surface area contributed by atoms with Crippen molar-refractivity contribution in [1.82, 2.24) is 19.7 Å². The Morgan fingerprint density at radius 3 is 2.55 bits per heavy atom. The summed E-state index contributed by atoms with van der Waals surface area (Å²) in [6, 6.07) is 10.7. The average Bonchev–Trinajstić information content (AvgIpc) is 2.81. The molecule has 0 radical (unpaired) electrons. The number of pyridine rings is 1. The first-order valence-electron chi connectivity index (χ1n) is 6.66. The molecule has 0 bridgehead atoms. The van der Waals surface area contributed by atoms with Gasteiger partial charge in [0, 0.05) is 25.2 Å². The summed E-state index contributed by atoms with van der Waals surface area (Å²) >= 11 is 0. The van der Waals surface area contributed by atoms with Crippen molar-refractivity contribution in [1.29, 1.82) is 0 Å². The highest BCUT2D eigenvalue weighted by molar-refractivity contribution is 5.92. The zero-order chi connectivity index (χ0) is 14.1. The SMILES string of the molecule is CN(C)Cc1ccc(-c2ccnc3c2cnn3C)cc1. The summed E-state index contributed by atoms with van der Waals surface area (Å²) in [6.07, 6.45) is 3.72. The van der Waals surface area contributed by atoms with E-state index in [0.29, 0.717) is 0 Å². The van der Waals surface area contributed by atoms with Crippen LogP contribution in [0.25, 0.3) is 22.2 Å². The van der Waals surface area contributed by atoms with Crippen LogP contribution >= 0.6 is 0 Å². The molecule has 0 aliphatic rings. The molecule has 0 saturated carbocycles. The van der Waals surface area contributed by atoms with Gasteiger partial charge in [-0.2, -0.15) is 5.10 Å². The van der Waals surface area contributed by atoms with E-state index in [-0.39, 0.29) is 0 Å². The molecule has 2 heterocycles. The summed E-state index contributed by atoms with van der Waals surface area (Å²) in [5, 5.41) is 5.38. The standard InChI is InChI=1S/C16H18N4/c1-19(2)11-12-4-6-13(7-5-12)14-8-9-17-16-15(14)10-18-20(16)3/h4-10H,11H2,1-3H3.